The van der Waals surface area contributed by atoms with Crippen LogP contribution in [0.5, 0.6) is 11.5 Å². The van der Waals surface area contributed by atoms with E-state index in [0.29, 0.717) is 29.5 Å². The lowest BCUT2D eigenvalue weighted by molar-refractivity contribution is -0.147. The molecule has 0 unspecified atom stereocenters. The molecule has 0 heterocycles. The first-order valence-corrected chi connectivity index (χ1v) is 9.47. The molecule has 0 aliphatic rings. The predicted octanol–water partition coefficient (Wildman–Crippen LogP) is 3.51. The lowest BCUT2D eigenvalue weighted by Gasteiger charge is -2.10. The van der Waals surface area contributed by atoms with Gasteiger partial charge in [0, 0.05) is 18.2 Å². The van der Waals surface area contributed by atoms with Crippen molar-refractivity contribution < 1.29 is 23.9 Å². The fraction of sp³-hybridized carbons (Fsp3) is 0.318. The number of carbonyl (C=O) groups excluding carboxylic acids is 3. The molecule has 2 amide bonds. The van der Waals surface area contributed by atoms with E-state index in [1.54, 1.807) is 24.3 Å². The van der Waals surface area contributed by atoms with Gasteiger partial charge in [-0.3, -0.25) is 14.4 Å². The lowest BCUT2D eigenvalue weighted by Crippen LogP contribution is -2.32. The van der Waals surface area contributed by atoms with Crippen molar-refractivity contribution in [1.82, 2.24) is 5.32 Å². The molecule has 2 aromatic rings. The fourth-order valence-corrected chi connectivity index (χ4v) is 2.34. The Morgan fingerprint density at radius 2 is 1.66 bits per heavy atom. The Balaban J connectivity index is 1.73. The van der Waals surface area contributed by atoms with Crippen molar-refractivity contribution in [2.45, 2.75) is 26.7 Å². The first-order chi connectivity index (χ1) is 13.9. The topological polar surface area (TPSA) is 93.7 Å². The molecule has 154 valence electrons. The molecule has 7 nitrogen and oxygen atoms in total. The Bertz CT molecular complexity index is 821. The minimum atomic E-state index is -0.667. The van der Waals surface area contributed by atoms with Crippen LogP contribution in [0.3, 0.4) is 0 Å². The predicted molar refractivity (Wildman–Crippen MR) is 110 cm³/mol. The second-order valence-corrected chi connectivity index (χ2v) is 6.86. The molecular weight excluding hydrogens is 372 g/mol. The van der Waals surface area contributed by atoms with Crippen molar-refractivity contribution in [3.8, 4) is 11.5 Å². The van der Waals surface area contributed by atoms with E-state index >= 15 is 0 Å². The van der Waals surface area contributed by atoms with Gasteiger partial charge in [0.25, 0.3) is 5.91 Å². The zero-order valence-electron chi connectivity index (χ0n) is 16.6. The minimum Gasteiger partial charge on any atom is -0.457 e. The molecule has 2 N–H and O–H groups in total. The van der Waals surface area contributed by atoms with E-state index in [1.807, 2.05) is 44.2 Å². The van der Waals surface area contributed by atoms with E-state index in [1.165, 1.54) is 0 Å². The van der Waals surface area contributed by atoms with Crippen LogP contribution in [0.15, 0.2) is 54.6 Å². The highest BCUT2D eigenvalue weighted by Gasteiger charge is 2.10. The standard InChI is InChI=1S/C22H26N2O5/c1-16(2)11-12-20(25)23-14-22(27)28-15-21(26)24-17-7-6-10-19(13-17)29-18-8-4-3-5-9-18/h3-10,13,16H,11-12,14-15H2,1-2H3,(H,23,25)(H,24,26). The van der Waals surface area contributed by atoms with Gasteiger partial charge in [-0.05, 0) is 36.6 Å². The first kappa shape index (κ1) is 21.9. The maximum atomic E-state index is 12.0. The van der Waals surface area contributed by atoms with Gasteiger partial charge >= 0.3 is 5.97 Å². The number of esters is 1. The molecule has 0 radical (unpaired) electrons. The summed E-state index contributed by atoms with van der Waals surface area (Å²) in [4.78, 5) is 35.2. The molecule has 0 fully saturated rings. The van der Waals surface area contributed by atoms with Crippen molar-refractivity contribution in [2.24, 2.45) is 5.92 Å². The summed E-state index contributed by atoms with van der Waals surface area (Å²) in [5.41, 5.74) is 0.515. The van der Waals surface area contributed by atoms with E-state index in [9.17, 15) is 14.4 Å². The summed E-state index contributed by atoms with van der Waals surface area (Å²) < 4.78 is 10.6. The molecular formula is C22H26N2O5. The number of benzene rings is 2. The van der Waals surface area contributed by atoms with Crippen LogP contribution in [0, 0.1) is 5.92 Å². The van der Waals surface area contributed by atoms with Crippen LogP contribution in [0.1, 0.15) is 26.7 Å². The summed E-state index contributed by atoms with van der Waals surface area (Å²) in [6.07, 6.45) is 1.10. The lowest BCUT2D eigenvalue weighted by atomic mass is 10.1. The van der Waals surface area contributed by atoms with Gasteiger partial charge in [0.2, 0.25) is 5.91 Å². The van der Waals surface area contributed by atoms with E-state index in [4.69, 9.17) is 9.47 Å². The van der Waals surface area contributed by atoms with Crippen LogP contribution in [0.4, 0.5) is 5.69 Å². The molecule has 29 heavy (non-hydrogen) atoms. The van der Waals surface area contributed by atoms with Crippen molar-refractivity contribution >= 4 is 23.5 Å². The Kier molecular flexibility index (Phi) is 8.69. The second kappa shape index (κ2) is 11.5. The summed E-state index contributed by atoms with van der Waals surface area (Å²) in [5.74, 6) is 0.291. The Morgan fingerprint density at radius 3 is 2.38 bits per heavy atom. The number of ether oxygens (including phenoxy) is 2. The van der Waals surface area contributed by atoms with Crippen LogP contribution in [0.25, 0.3) is 0 Å². The number of hydrogen-bond donors (Lipinski definition) is 2. The van der Waals surface area contributed by atoms with Crippen LogP contribution in [0.2, 0.25) is 0 Å². The highest BCUT2D eigenvalue weighted by Crippen LogP contribution is 2.23. The monoisotopic (exact) mass is 398 g/mol. The van der Waals surface area contributed by atoms with Crippen molar-refractivity contribution in [2.75, 3.05) is 18.5 Å². The van der Waals surface area contributed by atoms with Crippen LogP contribution < -0.4 is 15.4 Å². The summed E-state index contributed by atoms with van der Waals surface area (Å²) >= 11 is 0. The van der Waals surface area contributed by atoms with Crippen LogP contribution in [-0.4, -0.2) is 30.9 Å². The zero-order valence-corrected chi connectivity index (χ0v) is 16.6. The maximum Gasteiger partial charge on any atom is 0.325 e. The van der Waals surface area contributed by atoms with Gasteiger partial charge in [-0.2, -0.15) is 0 Å². The zero-order chi connectivity index (χ0) is 21.1. The molecule has 7 heteroatoms. The largest absolute Gasteiger partial charge is 0.457 e. The van der Waals surface area contributed by atoms with Gasteiger partial charge in [-0.15, -0.1) is 0 Å². The number of rotatable bonds is 10. The van der Waals surface area contributed by atoms with Gasteiger partial charge in [-0.1, -0.05) is 38.1 Å². The third kappa shape index (κ3) is 8.92. The number of carbonyl (C=O) groups is 3. The Hall–Kier alpha value is -3.35. The third-order valence-corrected chi connectivity index (χ3v) is 3.84. The molecule has 0 saturated heterocycles. The summed E-state index contributed by atoms with van der Waals surface area (Å²) in [5, 5.41) is 5.12. The normalized spacial score (nSPS) is 10.3. The van der Waals surface area contributed by atoms with Gasteiger partial charge in [0.05, 0.1) is 0 Å². The van der Waals surface area contributed by atoms with Gasteiger partial charge in [0.1, 0.15) is 18.0 Å². The summed E-state index contributed by atoms with van der Waals surface area (Å²) in [7, 11) is 0. The molecule has 0 saturated carbocycles. The van der Waals surface area contributed by atoms with Gasteiger partial charge < -0.3 is 20.1 Å². The van der Waals surface area contributed by atoms with Gasteiger partial charge in [0.15, 0.2) is 6.61 Å². The van der Waals surface area contributed by atoms with Gasteiger partial charge in [-0.25, -0.2) is 0 Å². The van der Waals surface area contributed by atoms with Crippen LogP contribution in [-0.2, 0) is 19.1 Å². The molecule has 0 bridgehead atoms. The second-order valence-electron chi connectivity index (χ2n) is 6.86. The van der Waals surface area contributed by atoms with E-state index in [0.717, 1.165) is 6.42 Å². The van der Waals surface area contributed by atoms with E-state index in [2.05, 4.69) is 10.6 Å². The average Bonchev–Trinajstić information content (AvgIpc) is 2.70. The molecule has 0 atom stereocenters. The third-order valence-electron chi connectivity index (χ3n) is 3.84. The minimum absolute atomic E-state index is 0.213. The summed E-state index contributed by atoms with van der Waals surface area (Å²) in [6.45, 7) is 3.34. The van der Waals surface area contributed by atoms with Crippen molar-refractivity contribution in [1.29, 1.82) is 0 Å². The number of nitrogens with one attached hydrogen (secondary N) is 2. The first-order valence-electron chi connectivity index (χ1n) is 9.47. The molecule has 0 aromatic heterocycles. The smallest absolute Gasteiger partial charge is 0.325 e. The molecule has 2 rings (SSSR count). The van der Waals surface area contributed by atoms with E-state index in [-0.39, 0.29) is 12.5 Å². The summed E-state index contributed by atoms with van der Waals surface area (Å²) in [6, 6.07) is 16.1. The van der Waals surface area contributed by atoms with Crippen molar-refractivity contribution in [3.63, 3.8) is 0 Å². The Labute approximate surface area is 170 Å². The highest BCUT2D eigenvalue weighted by atomic mass is 16.5. The number of anilines is 1. The number of para-hydroxylation sites is 1. The van der Waals surface area contributed by atoms with Crippen molar-refractivity contribution in [3.05, 3.63) is 54.6 Å². The molecule has 2 aromatic carbocycles. The highest BCUT2D eigenvalue weighted by molar-refractivity contribution is 5.93. The SMILES string of the molecule is CC(C)CCC(=O)NCC(=O)OCC(=O)Nc1cccc(Oc2ccccc2)c1. The Morgan fingerprint density at radius 1 is 0.931 bits per heavy atom. The molecule has 0 aliphatic heterocycles. The quantitative estimate of drug-likeness (QED) is 0.598. The molecule has 0 aliphatic carbocycles. The molecule has 0 spiro atoms. The fourth-order valence-electron chi connectivity index (χ4n) is 2.34. The number of amides is 2. The average molecular weight is 398 g/mol. The maximum absolute atomic E-state index is 12.0. The number of hydrogen-bond acceptors (Lipinski definition) is 5. The van der Waals surface area contributed by atoms with E-state index < -0.39 is 18.5 Å². The van der Waals surface area contributed by atoms with Crippen LogP contribution >= 0.6 is 0 Å².